The fourth-order valence-corrected chi connectivity index (χ4v) is 3.49. The highest BCUT2D eigenvalue weighted by Gasteiger charge is 2.45. The molecule has 0 fully saturated rings. The zero-order valence-electron chi connectivity index (χ0n) is 11.0. The fourth-order valence-electron chi connectivity index (χ4n) is 3.49. The SMILES string of the molecule is Cc1cc2c3c(c1)C(C)(C)CN3CC2(C)C. The summed E-state index contributed by atoms with van der Waals surface area (Å²) in [5.41, 5.74) is 6.74. The fraction of sp³-hybridized carbons (Fsp3) is 0.600. The Hall–Kier alpha value is -0.980. The van der Waals surface area contributed by atoms with Crippen LogP contribution in [0.25, 0.3) is 0 Å². The molecule has 1 nitrogen and oxygen atoms in total. The Bertz CT molecular complexity index is 429. The lowest BCUT2D eigenvalue weighted by Crippen LogP contribution is -2.33. The first-order valence-corrected chi connectivity index (χ1v) is 6.22. The van der Waals surface area contributed by atoms with Crippen LogP contribution in [0.1, 0.15) is 44.4 Å². The molecule has 86 valence electrons. The van der Waals surface area contributed by atoms with E-state index in [1.165, 1.54) is 18.7 Å². The zero-order chi connectivity index (χ0) is 11.7. The largest absolute Gasteiger partial charge is 0.369 e. The van der Waals surface area contributed by atoms with Gasteiger partial charge in [0.1, 0.15) is 0 Å². The summed E-state index contributed by atoms with van der Waals surface area (Å²) in [6, 6.07) is 4.78. The van der Waals surface area contributed by atoms with Crippen molar-refractivity contribution in [2.24, 2.45) is 0 Å². The van der Waals surface area contributed by atoms with Crippen LogP contribution in [0.4, 0.5) is 5.69 Å². The Labute approximate surface area is 98.5 Å². The van der Waals surface area contributed by atoms with Crippen LogP contribution in [0.2, 0.25) is 0 Å². The lowest BCUT2D eigenvalue weighted by Gasteiger charge is -2.26. The van der Waals surface area contributed by atoms with Gasteiger partial charge in [0, 0.05) is 29.6 Å². The van der Waals surface area contributed by atoms with Gasteiger partial charge < -0.3 is 4.90 Å². The van der Waals surface area contributed by atoms with Crippen molar-refractivity contribution in [2.45, 2.75) is 45.4 Å². The van der Waals surface area contributed by atoms with Crippen molar-refractivity contribution in [2.75, 3.05) is 18.0 Å². The molecule has 0 amide bonds. The molecule has 1 heteroatoms. The third kappa shape index (κ3) is 1.12. The van der Waals surface area contributed by atoms with Crippen LogP contribution in [-0.4, -0.2) is 13.1 Å². The summed E-state index contributed by atoms with van der Waals surface area (Å²) < 4.78 is 0. The molecule has 0 spiro atoms. The molecule has 2 heterocycles. The van der Waals surface area contributed by atoms with Gasteiger partial charge in [0.15, 0.2) is 0 Å². The van der Waals surface area contributed by atoms with Crippen LogP contribution >= 0.6 is 0 Å². The lowest BCUT2D eigenvalue weighted by atomic mass is 9.79. The number of hydrogen-bond acceptors (Lipinski definition) is 1. The zero-order valence-corrected chi connectivity index (χ0v) is 11.0. The second-order valence-electron chi connectivity index (χ2n) is 6.83. The van der Waals surface area contributed by atoms with Gasteiger partial charge in [-0.2, -0.15) is 0 Å². The molecule has 0 radical (unpaired) electrons. The minimum Gasteiger partial charge on any atom is -0.369 e. The third-order valence-corrected chi connectivity index (χ3v) is 4.20. The third-order valence-electron chi connectivity index (χ3n) is 4.20. The summed E-state index contributed by atoms with van der Waals surface area (Å²) in [6.07, 6.45) is 0. The van der Waals surface area contributed by atoms with Crippen molar-refractivity contribution in [1.29, 1.82) is 0 Å². The first-order chi connectivity index (χ1) is 7.31. The minimum atomic E-state index is 0.326. The van der Waals surface area contributed by atoms with E-state index in [-0.39, 0.29) is 0 Å². The van der Waals surface area contributed by atoms with E-state index in [4.69, 9.17) is 0 Å². The molecule has 2 aliphatic rings. The highest BCUT2D eigenvalue weighted by Crippen LogP contribution is 2.51. The molecular formula is C15H21N. The smallest absolute Gasteiger partial charge is 0.0444 e. The Kier molecular flexibility index (Phi) is 1.68. The van der Waals surface area contributed by atoms with E-state index in [2.05, 4.69) is 51.7 Å². The second-order valence-corrected chi connectivity index (χ2v) is 6.83. The summed E-state index contributed by atoms with van der Waals surface area (Å²) >= 11 is 0. The number of hydrogen-bond donors (Lipinski definition) is 0. The highest BCUT2D eigenvalue weighted by molar-refractivity contribution is 5.73. The van der Waals surface area contributed by atoms with Crippen LogP contribution in [-0.2, 0) is 10.8 Å². The average Bonchev–Trinajstić information content (AvgIpc) is 2.49. The van der Waals surface area contributed by atoms with Crippen molar-refractivity contribution < 1.29 is 0 Å². The number of nitrogens with zero attached hydrogens (tertiary/aromatic N) is 1. The average molecular weight is 215 g/mol. The molecule has 0 N–H and O–H groups in total. The summed E-state index contributed by atoms with van der Waals surface area (Å²) in [5, 5.41) is 0. The molecule has 0 atom stereocenters. The van der Waals surface area contributed by atoms with E-state index >= 15 is 0 Å². The monoisotopic (exact) mass is 215 g/mol. The van der Waals surface area contributed by atoms with E-state index < -0.39 is 0 Å². The quantitative estimate of drug-likeness (QED) is 0.641. The van der Waals surface area contributed by atoms with Crippen LogP contribution in [0.3, 0.4) is 0 Å². The summed E-state index contributed by atoms with van der Waals surface area (Å²) in [5.74, 6) is 0. The van der Waals surface area contributed by atoms with Crippen molar-refractivity contribution in [3.05, 3.63) is 28.8 Å². The van der Waals surface area contributed by atoms with Crippen molar-refractivity contribution >= 4 is 5.69 Å². The van der Waals surface area contributed by atoms with Gasteiger partial charge in [0.25, 0.3) is 0 Å². The summed E-state index contributed by atoms with van der Waals surface area (Å²) in [4.78, 5) is 2.59. The molecule has 3 rings (SSSR count). The lowest BCUT2D eigenvalue weighted by molar-refractivity contribution is 0.498. The first kappa shape index (κ1) is 10.2. The molecule has 1 aromatic carbocycles. The Morgan fingerprint density at radius 1 is 0.938 bits per heavy atom. The molecule has 0 aliphatic carbocycles. The molecule has 1 aromatic rings. The molecule has 2 aliphatic heterocycles. The summed E-state index contributed by atoms with van der Waals surface area (Å²) in [6.45, 7) is 14.1. The van der Waals surface area contributed by atoms with Gasteiger partial charge in [0.2, 0.25) is 0 Å². The number of aryl methyl sites for hydroxylation is 1. The van der Waals surface area contributed by atoms with Gasteiger partial charge >= 0.3 is 0 Å². The van der Waals surface area contributed by atoms with Gasteiger partial charge in [0.05, 0.1) is 0 Å². The highest BCUT2D eigenvalue weighted by atomic mass is 15.2. The van der Waals surface area contributed by atoms with Crippen LogP contribution in [0.5, 0.6) is 0 Å². The Morgan fingerprint density at radius 3 is 1.81 bits per heavy atom. The van der Waals surface area contributed by atoms with E-state index in [1.807, 2.05) is 0 Å². The topological polar surface area (TPSA) is 3.24 Å². The molecule has 16 heavy (non-hydrogen) atoms. The molecule has 0 bridgehead atoms. The van der Waals surface area contributed by atoms with Crippen molar-refractivity contribution in [1.82, 2.24) is 0 Å². The van der Waals surface area contributed by atoms with Crippen LogP contribution in [0, 0.1) is 6.92 Å². The summed E-state index contributed by atoms with van der Waals surface area (Å²) in [7, 11) is 0. The van der Waals surface area contributed by atoms with Gasteiger partial charge in [-0.1, -0.05) is 45.4 Å². The Balaban J connectivity index is 2.32. The minimum absolute atomic E-state index is 0.326. The van der Waals surface area contributed by atoms with Gasteiger partial charge in [-0.15, -0.1) is 0 Å². The van der Waals surface area contributed by atoms with E-state index in [9.17, 15) is 0 Å². The predicted molar refractivity (Wildman–Crippen MR) is 69.4 cm³/mol. The van der Waals surface area contributed by atoms with E-state index in [1.54, 1.807) is 16.8 Å². The van der Waals surface area contributed by atoms with Crippen LogP contribution < -0.4 is 4.90 Å². The Morgan fingerprint density at radius 2 is 1.38 bits per heavy atom. The molecule has 0 unspecified atom stereocenters. The number of benzene rings is 1. The molecule has 0 saturated carbocycles. The van der Waals surface area contributed by atoms with Gasteiger partial charge in [-0.3, -0.25) is 0 Å². The van der Waals surface area contributed by atoms with Crippen molar-refractivity contribution in [3.63, 3.8) is 0 Å². The standard InChI is InChI=1S/C15H21N/c1-10-6-11-13-12(7-10)15(4,5)9-16(13)8-14(11,2)3/h6-7H,8-9H2,1-5H3. The van der Waals surface area contributed by atoms with Crippen molar-refractivity contribution in [3.8, 4) is 0 Å². The van der Waals surface area contributed by atoms with Gasteiger partial charge in [-0.25, -0.2) is 0 Å². The maximum atomic E-state index is 2.59. The molecular weight excluding hydrogens is 194 g/mol. The molecule has 0 aromatic heterocycles. The second kappa shape index (κ2) is 2.64. The van der Waals surface area contributed by atoms with E-state index in [0.717, 1.165) is 0 Å². The molecule has 0 saturated heterocycles. The number of rotatable bonds is 0. The maximum absolute atomic E-state index is 2.59. The predicted octanol–water partition coefficient (Wildman–Crippen LogP) is 3.38. The maximum Gasteiger partial charge on any atom is 0.0444 e. The normalized spacial score (nSPS) is 23.7. The van der Waals surface area contributed by atoms with Crippen LogP contribution in [0.15, 0.2) is 12.1 Å². The first-order valence-electron chi connectivity index (χ1n) is 6.22. The van der Waals surface area contributed by atoms with Gasteiger partial charge in [-0.05, 0) is 18.1 Å². The van der Waals surface area contributed by atoms with E-state index in [0.29, 0.717) is 10.8 Å². The number of anilines is 1.